The van der Waals surface area contributed by atoms with Crippen molar-refractivity contribution in [3.05, 3.63) is 28.2 Å². The normalized spacial score (nSPS) is 17.9. The predicted molar refractivity (Wildman–Crippen MR) is 75.0 cm³/mol. The van der Waals surface area contributed by atoms with E-state index in [9.17, 15) is 18.4 Å². The van der Waals surface area contributed by atoms with E-state index in [2.05, 4.69) is 21.2 Å². The van der Waals surface area contributed by atoms with Crippen molar-refractivity contribution in [3.63, 3.8) is 0 Å². The van der Waals surface area contributed by atoms with E-state index in [1.165, 1.54) is 4.90 Å². The topological polar surface area (TPSA) is 69.6 Å². The van der Waals surface area contributed by atoms with Gasteiger partial charge >= 0.3 is 12.0 Å². The van der Waals surface area contributed by atoms with Crippen LogP contribution in [0.4, 0.5) is 19.3 Å². The molecule has 0 aromatic heterocycles. The molecule has 1 aliphatic heterocycles. The number of likely N-dealkylation sites (tertiary alicyclic amines) is 1. The monoisotopic (exact) mass is 362 g/mol. The summed E-state index contributed by atoms with van der Waals surface area (Å²) in [5.41, 5.74) is -0.248. The molecule has 1 saturated heterocycles. The maximum absolute atomic E-state index is 13.6. The molecule has 0 bridgehead atoms. The number of carboxylic acids is 1. The van der Waals surface area contributed by atoms with E-state index < -0.39 is 23.6 Å². The number of rotatable bonds is 3. The van der Waals surface area contributed by atoms with Crippen molar-refractivity contribution < 1.29 is 23.5 Å². The Morgan fingerprint density at radius 1 is 1.38 bits per heavy atom. The van der Waals surface area contributed by atoms with Crippen molar-refractivity contribution in [3.8, 4) is 0 Å². The van der Waals surface area contributed by atoms with Crippen molar-refractivity contribution >= 4 is 33.6 Å². The van der Waals surface area contributed by atoms with E-state index >= 15 is 0 Å². The number of urea groups is 1. The molecule has 1 unspecified atom stereocenters. The quantitative estimate of drug-likeness (QED) is 0.811. The van der Waals surface area contributed by atoms with Crippen molar-refractivity contribution in [1.82, 2.24) is 4.90 Å². The number of anilines is 1. The van der Waals surface area contributed by atoms with E-state index in [0.29, 0.717) is 19.5 Å². The van der Waals surface area contributed by atoms with Gasteiger partial charge in [0.25, 0.3) is 0 Å². The number of benzene rings is 1. The van der Waals surface area contributed by atoms with Gasteiger partial charge in [-0.2, -0.15) is 0 Å². The van der Waals surface area contributed by atoms with Crippen LogP contribution in [0.25, 0.3) is 0 Å². The zero-order valence-electron chi connectivity index (χ0n) is 10.9. The Kier molecular flexibility index (Phi) is 4.76. The van der Waals surface area contributed by atoms with Gasteiger partial charge in [0.15, 0.2) is 0 Å². The van der Waals surface area contributed by atoms with Gasteiger partial charge in [0.05, 0.1) is 10.2 Å². The lowest BCUT2D eigenvalue weighted by atomic mass is 10.1. The summed E-state index contributed by atoms with van der Waals surface area (Å²) in [6.07, 6.45) is 0.571. The van der Waals surface area contributed by atoms with Gasteiger partial charge in [-0.15, -0.1) is 0 Å². The summed E-state index contributed by atoms with van der Waals surface area (Å²) < 4.78 is 26.9. The van der Waals surface area contributed by atoms with Crippen LogP contribution in [0.1, 0.15) is 12.8 Å². The molecule has 1 heterocycles. The van der Waals surface area contributed by atoms with Crippen molar-refractivity contribution in [2.24, 2.45) is 5.92 Å². The number of aliphatic carboxylic acids is 1. The summed E-state index contributed by atoms with van der Waals surface area (Å²) in [5.74, 6) is -2.46. The van der Waals surface area contributed by atoms with Crippen LogP contribution in [-0.4, -0.2) is 35.1 Å². The van der Waals surface area contributed by atoms with Gasteiger partial charge in [-0.3, -0.25) is 4.79 Å². The number of carbonyl (C=O) groups is 2. The minimum absolute atomic E-state index is 0.00888. The largest absolute Gasteiger partial charge is 0.481 e. The number of amides is 2. The van der Waals surface area contributed by atoms with Crippen molar-refractivity contribution in [2.75, 3.05) is 18.4 Å². The molecule has 114 valence electrons. The maximum Gasteiger partial charge on any atom is 0.321 e. The van der Waals surface area contributed by atoms with Gasteiger partial charge in [-0.05, 0) is 34.3 Å². The van der Waals surface area contributed by atoms with Crippen LogP contribution in [-0.2, 0) is 4.79 Å². The SMILES string of the molecule is O=C(O)CC1CCN(C(=O)Nc2cc(F)c(Br)cc2F)C1. The molecule has 1 atom stereocenters. The lowest BCUT2D eigenvalue weighted by molar-refractivity contribution is -0.138. The van der Waals surface area contributed by atoms with Crippen molar-refractivity contribution in [1.29, 1.82) is 0 Å². The lowest BCUT2D eigenvalue weighted by Gasteiger charge is -2.17. The first-order valence-corrected chi connectivity index (χ1v) is 7.08. The van der Waals surface area contributed by atoms with Crippen LogP contribution >= 0.6 is 15.9 Å². The summed E-state index contributed by atoms with van der Waals surface area (Å²) in [4.78, 5) is 24.0. The Morgan fingerprint density at radius 2 is 2.10 bits per heavy atom. The molecule has 1 fully saturated rings. The third-order valence-corrected chi connectivity index (χ3v) is 3.90. The third kappa shape index (κ3) is 3.90. The van der Waals surface area contributed by atoms with E-state index in [1.807, 2.05) is 0 Å². The summed E-state index contributed by atoms with van der Waals surface area (Å²) in [6, 6.07) is 1.26. The molecular weight excluding hydrogens is 350 g/mol. The van der Waals surface area contributed by atoms with Gasteiger partial charge in [0, 0.05) is 25.6 Å². The van der Waals surface area contributed by atoms with Crippen LogP contribution in [0.15, 0.2) is 16.6 Å². The second-order valence-corrected chi connectivity index (χ2v) is 5.73. The number of nitrogens with zero attached hydrogens (tertiary/aromatic N) is 1. The fraction of sp³-hybridized carbons (Fsp3) is 0.385. The molecule has 0 spiro atoms. The summed E-state index contributed by atoms with van der Waals surface area (Å²) in [6.45, 7) is 0.684. The summed E-state index contributed by atoms with van der Waals surface area (Å²) >= 11 is 2.85. The number of nitrogens with one attached hydrogen (secondary N) is 1. The van der Waals surface area contributed by atoms with Gasteiger partial charge in [-0.25, -0.2) is 13.6 Å². The standard InChI is InChI=1S/C13H13BrF2N2O3/c14-8-4-10(16)11(5-9(8)15)17-13(21)18-2-1-7(6-18)3-12(19)20/h4-5,7H,1-3,6H2,(H,17,21)(H,19,20). The summed E-state index contributed by atoms with van der Waals surface area (Å²) in [7, 11) is 0. The molecule has 1 aromatic rings. The molecule has 2 rings (SSSR count). The minimum Gasteiger partial charge on any atom is -0.481 e. The number of carboxylic acid groups (broad SMARTS) is 1. The molecule has 0 aliphatic carbocycles. The Balaban J connectivity index is 1.99. The molecule has 0 saturated carbocycles. The van der Waals surface area contributed by atoms with Gasteiger partial charge in [0.1, 0.15) is 11.6 Å². The highest BCUT2D eigenvalue weighted by Crippen LogP contribution is 2.25. The Hall–Kier alpha value is -1.70. The Bertz CT molecular complexity index is 583. The minimum atomic E-state index is -0.914. The third-order valence-electron chi connectivity index (χ3n) is 3.29. The Labute approximate surface area is 128 Å². The molecular formula is C13H13BrF2N2O3. The number of hydrogen-bond acceptors (Lipinski definition) is 2. The van der Waals surface area contributed by atoms with E-state index in [-0.39, 0.29) is 22.5 Å². The first kappa shape index (κ1) is 15.7. The Morgan fingerprint density at radius 3 is 2.76 bits per heavy atom. The van der Waals surface area contributed by atoms with Gasteiger partial charge in [-0.1, -0.05) is 0 Å². The predicted octanol–water partition coefficient (Wildman–Crippen LogP) is 3.06. The average Bonchev–Trinajstić information content (AvgIpc) is 2.83. The molecule has 2 N–H and O–H groups in total. The van der Waals surface area contributed by atoms with Crippen molar-refractivity contribution in [2.45, 2.75) is 12.8 Å². The maximum atomic E-state index is 13.6. The molecule has 21 heavy (non-hydrogen) atoms. The highest BCUT2D eigenvalue weighted by Gasteiger charge is 2.28. The first-order chi connectivity index (χ1) is 9.86. The molecule has 5 nitrogen and oxygen atoms in total. The first-order valence-electron chi connectivity index (χ1n) is 6.29. The van der Waals surface area contributed by atoms with E-state index in [4.69, 9.17) is 5.11 Å². The van der Waals surface area contributed by atoms with Crippen LogP contribution in [0.3, 0.4) is 0 Å². The summed E-state index contributed by atoms with van der Waals surface area (Å²) in [5, 5.41) is 11.0. The van der Waals surface area contributed by atoms with E-state index in [0.717, 1.165) is 12.1 Å². The van der Waals surface area contributed by atoms with Crippen LogP contribution < -0.4 is 5.32 Å². The number of carbonyl (C=O) groups excluding carboxylic acids is 1. The second kappa shape index (κ2) is 6.38. The number of halogens is 3. The number of hydrogen-bond donors (Lipinski definition) is 2. The molecule has 1 aromatic carbocycles. The smallest absolute Gasteiger partial charge is 0.321 e. The van der Waals surface area contributed by atoms with E-state index in [1.54, 1.807) is 0 Å². The highest BCUT2D eigenvalue weighted by atomic mass is 79.9. The lowest BCUT2D eigenvalue weighted by Crippen LogP contribution is -2.33. The van der Waals surface area contributed by atoms with Gasteiger partial charge < -0.3 is 15.3 Å². The fourth-order valence-electron chi connectivity index (χ4n) is 2.24. The molecule has 0 radical (unpaired) electrons. The molecule has 2 amide bonds. The average molecular weight is 363 g/mol. The van der Waals surface area contributed by atoms with Crippen LogP contribution in [0, 0.1) is 17.6 Å². The second-order valence-electron chi connectivity index (χ2n) is 4.87. The highest BCUT2D eigenvalue weighted by molar-refractivity contribution is 9.10. The zero-order valence-corrected chi connectivity index (χ0v) is 12.5. The van der Waals surface area contributed by atoms with Crippen LogP contribution in [0.2, 0.25) is 0 Å². The fourth-order valence-corrected chi connectivity index (χ4v) is 2.56. The molecule has 8 heteroatoms. The zero-order chi connectivity index (χ0) is 15.6. The van der Waals surface area contributed by atoms with Crippen LogP contribution in [0.5, 0.6) is 0 Å². The van der Waals surface area contributed by atoms with Gasteiger partial charge in [0.2, 0.25) is 0 Å². The molecule has 1 aliphatic rings.